The van der Waals surface area contributed by atoms with Gasteiger partial charge in [-0.25, -0.2) is 0 Å². The molecule has 0 saturated heterocycles. The Hall–Kier alpha value is -0.0800. The molecule has 1 unspecified atom stereocenters. The van der Waals surface area contributed by atoms with Gasteiger partial charge in [-0.3, -0.25) is 4.90 Å². The fourth-order valence-electron chi connectivity index (χ4n) is 3.34. The summed E-state index contributed by atoms with van der Waals surface area (Å²) in [6.45, 7) is 9.61. The molecular formula is C17H34N2. The highest BCUT2D eigenvalue weighted by molar-refractivity contribution is 4.88. The number of hydrogen-bond acceptors (Lipinski definition) is 2. The first-order valence-corrected chi connectivity index (χ1v) is 8.66. The molecule has 0 aliphatic heterocycles. The van der Waals surface area contributed by atoms with Crippen molar-refractivity contribution >= 4 is 0 Å². The standard InChI is InChI=1S/C17H34N2/c1-14(2)11-12-19(17-9-10-17)15(3)13-18-16-7-5-4-6-8-16/h14-18H,4-13H2,1-3H3. The van der Waals surface area contributed by atoms with Crippen molar-refractivity contribution in [2.75, 3.05) is 13.1 Å². The van der Waals surface area contributed by atoms with Gasteiger partial charge in [0, 0.05) is 24.7 Å². The maximum Gasteiger partial charge on any atom is 0.0195 e. The van der Waals surface area contributed by atoms with Crippen molar-refractivity contribution in [3.05, 3.63) is 0 Å². The van der Waals surface area contributed by atoms with Crippen LogP contribution < -0.4 is 5.32 Å². The zero-order valence-corrected chi connectivity index (χ0v) is 13.3. The lowest BCUT2D eigenvalue weighted by Gasteiger charge is -2.32. The fourth-order valence-corrected chi connectivity index (χ4v) is 3.34. The van der Waals surface area contributed by atoms with E-state index < -0.39 is 0 Å². The first-order chi connectivity index (χ1) is 9.16. The van der Waals surface area contributed by atoms with Crippen LogP contribution in [-0.2, 0) is 0 Å². The summed E-state index contributed by atoms with van der Waals surface area (Å²) < 4.78 is 0. The lowest BCUT2D eigenvalue weighted by Crippen LogP contribution is -2.45. The minimum atomic E-state index is 0.716. The monoisotopic (exact) mass is 266 g/mol. The number of nitrogens with one attached hydrogen (secondary N) is 1. The fraction of sp³-hybridized carbons (Fsp3) is 1.00. The Balaban J connectivity index is 1.70. The molecule has 2 heteroatoms. The van der Waals surface area contributed by atoms with Crippen molar-refractivity contribution in [2.24, 2.45) is 5.92 Å². The Bertz CT molecular complexity index is 242. The summed E-state index contributed by atoms with van der Waals surface area (Å²) in [7, 11) is 0. The van der Waals surface area contributed by atoms with Crippen LogP contribution in [0, 0.1) is 5.92 Å². The summed E-state index contributed by atoms with van der Waals surface area (Å²) in [6, 6.07) is 2.43. The van der Waals surface area contributed by atoms with Crippen LogP contribution in [0.1, 0.15) is 72.1 Å². The zero-order valence-electron chi connectivity index (χ0n) is 13.3. The van der Waals surface area contributed by atoms with Crippen molar-refractivity contribution in [1.29, 1.82) is 0 Å². The SMILES string of the molecule is CC(C)CCN(C(C)CNC1CCCCC1)C1CC1. The van der Waals surface area contributed by atoms with Crippen LogP contribution in [0.2, 0.25) is 0 Å². The van der Waals surface area contributed by atoms with Crippen LogP contribution in [0.15, 0.2) is 0 Å². The van der Waals surface area contributed by atoms with Gasteiger partial charge in [-0.1, -0.05) is 33.1 Å². The lowest BCUT2D eigenvalue weighted by molar-refractivity contribution is 0.177. The van der Waals surface area contributed by atoms with E-state index in [4.69, 9.17) is 0 Å². The molecule has 0 aromatic heterocycles. The molecule has 0 heterocycles. The molecule has 2 aliphatic rings. The quantitative estimate of drug-likeness (QED) is 0.719. The molecule has 0 aromatic carbocycles. The van der Waals surface area contributed by atoms with E-state index in [1.165, 1.54) is 64.5 Å². The topological polar surface area (TPSA) is 15.3 Å². The molecule has 0 bridgehead atoms. The Morgan fingerprint density at radius 1 is 1.00 bits per heavy atom. The van der Waals surface area contributed by atoms with Gasteiger partial charge in [0.15, 0.2) is 0 Å². The van der Waals surface area contributed by atoms with Gasteiger partial charge in [-0.05, 0) is 51.5 Å². The largest absolute Gasteiger partial charge is 0.312 e. The number of nitrogens with zero attached hydrogens (tertiary/aromatic N) is 1. The van der Waals surface area contributed by atoms with Crippen LogP contribution in [0.5, 0.6) is 0 Å². The molecular weight excluding hydrogens is 232 g/mol. The van der Waals surface area contributed by atoms with Gasteiger partial charge in [0.25, 0.3) is 0 Å². The van der Waals surface area contributed by atoms with E-state index in [-0.39, 0.29) is 0 Å². The second-order valence-electron chi connectivity index (χ2n) is 7.24. The first kappa shape index (κ1) is 15.3. The van der Waals surface area contributed by atoms with E-state index in [0.29, 0.717) is 6.04 Å². The molecule has 2 aliphatic carbocycles. The molecule has 1 N–H and O–H groups in total. The summed E-state index contributed by atoms with van der Waals surface area (Å²) in [6.07, 6.45) is 11.4. The number of hydrogen-bond donors (Lipinski definition) is 1. The maximum atomic E-state index is 3.83. The predicted molar refractivity (Wildman–Crippen MR) is 83.5 cm³/mol. The smallest absolute Gasteiger partial charge is 0.0195 e. The second-order valence-corrected chi connectivity index (χ2v) is 7.24. The summed E-state index contributed by atoms with van der Waals surface area (Å²) in [5.41, 5.74) is 0. The molecule has 2 rings (SSSR count). The van der Waals surface area contributed by atoms with Crippen molar-refractivity contribution in [2.45, 2.75) is 90.3 Å². The van der Waals surface area contributed by atoms with Crippen molar-refractivity contribution in [3.63, 3.8) is 0 Å². The van der Waals surface area contributed by atoms with Gasteiger partial charge in [0.1, 0.15) is 0 Å². The molecule has 0 aromatic rings. The first-order valence-electron chi connectivity index (χ1n) is 8.66. The highest BCUT2D eigenvalue weighted by atomic mass is 15.2. The molecule has 0 radical (unpaired) electrons. The molecule has 2 saturated carbocycles. The summed E-state index contributed by atoms with van der Waals surface area (Å²) in [5.74, 6) is 0.833. The van der Waals surface area contributed by atoms with Crippen molar-refractivity contribution < 1.29 is 0 Å². The van der Waals surface area contributed by atoms with Crippen LogP contribution in [0.4, 0.5) is 0 Å². The minimum Gasteiger partial charge on any atom is -0.312 e. The van der Waals surface area contributed by atoms with Gasteiger partial charge < -0.3 is 5.32 Å². The van der Waals surface area contributed by atoms with E-state index in [1.54, 1.807) is 0 Å². The molecule has 112 valence electrons. The maximum absolute atomic E-state index is 3.83. The average molecular weight is 266 g/mol. The van der Waals surface area contributed by atoms with Gasteiger partial charge in [0.2, 0.25) is 0 Å². The van der Waals surface area contributed by atoms with Crippen LogP contribution >= 0.6 is 0 Å². The summed E-state index contributed by atoms with van der Waals surface area (Å²) in [4.78, 5) is 2.77. The Kier molecular flexibility index (Phi) is 6.15. The van der Waals surface area contributed by atoms with E-state index in [9.17, 15) is 0 Å². The van der Waals surface area contributed by atoms with Crippen LogP contribution in [-0.4, -0.2) is 36.1 Å². The van der Waals surface area contributed by atoms with E-state index in [0.717, 1.165) is 18.0 Å². The third kappa shape index (κ3) is 5.43. The Morgan fingerprint density at radius 3 is 2.26 bits per heavy atom. The molecule has 19 heavy (non-hydrogen) atoms. The predicted octanol–water partition coefficient (Wildman–Crippen LogP) is 3.81. The Morgan fingerprint density at radius 2 is 1.68 bits per heavy atom. The van der Waals surface area contributed by atoms with Crippen LogP contribution in [0.3, 0.4) is 0 Å². The Labute approximate surface area is 120 Å². The molecule has 1 atom stereocenters. The summed E-state index contributed by atoms with van der Waals surface area (Å²) in [5, 5.41) is 3.83. The molecule has 2 fully saturated rings. The average Bonchev–Trinajstić information content (AvgIpc) is 3.22. The van der Waals surface area contributed by atoms with E-state index in [2.05, 4.69) is 31.0 Å². The third-order valence-corrected chi connectivity index (χ3v) is 4.85. The third-order valence-electron chi connectivity index (χ3n) is 4.85. The van der Waals surface area contributed by atoms with Gasteiger partial charge >= 0.3 is 0 Å². The van der Waals surface area contributed by atoms with Gasteiger partial charge in [-0.2, -0.15) is 0 Å². The highest BCUT2D eigenvalue weighted by Gasteiger charge is 2.31. The second kappa shape index (κ2) is 7.64. The van der Waals surface area contributed by atoms with Gasteiger partial charge in [-0.15, -0.1) is 0 Å². The molecule has 0 amide bonds. The highest BCUT2D eigenvalue weighted by Crippen LogP contribution is 2.29. The summed E-state index contributed by atoms with van der Waals surface area (Å²) >= 11 is 0. The van der Waals surface area contributed by atoms with Gasteiger partial charge in [0.05, 0.1) is 0 Å². The molecule has 2 nitrogen and oxygen atoms in total. The van der Waals surface area contributed by atoms with E-state index in [1.807, 2.05) is 0 Å². The minimum absolute atomic E-state index is 0.716. The number of rotatable bonds is 8. The van der Waals surface area contributed by atoms with Crippen molar-refractivity contribution in [1.82, 2.24) is 10.2 Å². The van der Waals surface area contributed by atoms with Crippen LogP contribution in [0.25, 0.3) is 0 Å². The van der Waals surface area contributed by atoms with Crippen molar-refractivity contribution in [3.8, 4) is 0 Å². The van der Waals surface area contributed by atoms with E-state index >= 15 is 0 Å². The lowest BCUT2D eigenvalue weighted by atomic mass is 9.95. The normalized spacial score (nSPS) is 23.2. The molecule has 0 spiro atoms. The zero-order chi connectivity index (χ0) is 13.7.